The number of carbonyl (C=O) groups is 1. The van der Waals surface area contributed by atoms with Crippen LogP contribution in [0, 0.1) is 20.8 Å². The summed E-state index contributed by atoms with van der Waals surface area (Å²) in [6, 6.07) is 10.8. The number of amides is 1. The predicted molar refractivity (Wildman–Crippen MR) is 108 cm³/mol. The molecule has 0 aliphatic heterocycles. The summed E-state index contributed by atoms with van der Waals surface area (Å²) in [5, 5.41) is 3.35. The van der Waals surface area contributed by atoms with Gasteiger partial charge in [0.15, 0.2) is 0 Å². The van der Waals surface area contributed by atoms with E-state index in [0.717, 1.165) is 28.6 Å². The van der Waals surface area contributed by atoms with E-state index in [1.54, 1.807) is 18.2 Å². The van der Waals surface area contributed by atoms with Gasteiger partial charge in [0, 0.05) is 23.7 Å². The maximum Gasteiger partial charge on any atom is 0.232 e. The van der Waals surface area contributed by atoms with Gasteiger partial charge in [-0.15, -0.1) is 0 Å². The number of aryl methyl sites for hydroxylation is 3. The number of sulfonamides is 1. The minimum absolute atomic E-state index is 0.0341. The largest absolute Gasteiger partial charge is 0.326 e. The van der Waals surface area contributed by atoms with Crippen molar-refractivity contribution in [1.29, 1.82) is 0 Å². The van der Waals surface area contributed by atoms with Gasteiger partial charge in [-0.1, -0.05) is 35.9 Å². The molecule has 0 aromatic heterocycles. The molecular formula is C19H23ClN2O3S. The van der Waals surface area contributed by atoms with Crippen molar-refractivity contribution < 1.29 is 13.2 Å². The quantitative estimate of drug-likeness (QED) is 0.803. The molecule has 2 aromatic rings. The van der Waals surface area contributed by atoms with Gasteiger partial charge in [-0.3, -0.25) is 9.10 Å². The molecule has 7 heteroatoms. The van der Waals surface area contributed by atoms with E-state index in [9.17, 15) is 13.2 Å². The molecule has 0 bridgehead atoms. The van der Waals surface area contributed by atoms with E-state index in [-0.39, 0.29) is 18.9 Å². The van der Waals surface area contributed by atoms with Crippen LogP contribution in [0.2, 0.25) is 5.02 Å². The summed E-state index contributed by atoms with van der Waals surface area (Å²) in [6.07, 6.45) is 1.15. The standard InChI is InChI=1S/C19H23ClN2O3S/c1-13-8-9-16(12-17(13)20)22(26(4,24)25)11-10-18(23)21-19-14(2)6-5-7-15(19)3/h5-9,12H,10-11H2,1-4H3,(H,21,23). The lowest BCUT2D eigenvalue weighted by Crippen LogP contribution is -2.33. The topological polar surface area (TPSA) is 66.5 Å². The first-order valence-electron chi connectivity index (χ1n) is 8.19. The van der Waals surface area contributed by atoms with E-state index in [1.165, 1.54) is 4.31 Å². The van der Waals surface area contributed by atoms with Crippen molar-refractivity contribution in [3.05, 3.63) is 58.1 Å². The fourth-order valence-corrected chi connectivity index (χ4v) is 3.73. The van der Waals surface area contributed by atoms with Crippen LogP contribution >= 0.6 is 11.6 Å². The molecule has 0 saturated carbocycles. The van der Waals surface area contributed by atoms with Crippen LogP contribution in [0.3, 0.4) is 0 Å². The van der Waals surface area contributed by atoms with Crippen molar-refractivity contribution in [2.24, 2.45) is 0 Å². The SMILES string of the molecule is Cc1ccc(N(CCC(=O)Nc2c(C)cccc2C)S(C)(=O)=O)cc1Cl. The highest BCUT2D eigenvalue weighted by atomic mass is 35.5. The first-order chi connectivity index (χ1) is 12.1. The van der Waals surface area contributed by atoms with E-state index in [0.29, 0.717) is 10.7 Å². The van der Waals surface area contributed by atoms with E-state index in [4.69, 9.17) is 11.6 Å². The number of nitrogens with zero attached hydrogens (tertiary/aromatic N) is 1. The first-order valence-corrected chi connectivity index (χ1v) is 10.4. The number of benzene rings is 2. The summed E-state index contributed by atoms with van der Waals surface area (Å²) in [6.45, 7) is 5.71. The molecule has 0 fully saturated rings. The lowest BCUT2D eigenvalue weighted by atomic mass is 10.1. The van der Waals surface area contributed by atoms with Crippen LogP contribution in [0.5, 0.6) is 0 Å². The number of para-hydroxylation sites is 1. The predicted octanol–water partition coefficient (Wildman–Crippen LogP) is 4.06. The summed E-state index contributed by atoms with van der Waals surface area (Å²) < 4.78 is 25.5. The third kappa shape index (κ3) is 4.99. The average Bonchev–Trinajstić information content (AvgIpc) is 2.53. The molecule has 0 aliphatic rings. The van der Waals surface area contributed by atoms with Crippen molar-refractivity contribution in [2.45, 2.75) is 27.2 Å². The zero-order chi connectivity index (χ0) is 19.5. The second-order valence-electron chi connectivity index (χ2n) is 6.33. The minimum Gasteiger partial charge on any atom is -0.326 e. The molecule has 140 valence electrons. The van der Waals surface area contributed by atoms with Crippen LogP contribution in [0.4, 0.5) is 11.4 Å². The Labute approximate surface area is 160 Å². The number of hydrogen-bond acceptors (Lipinski definition) is 3. The zero-order valence-electron chi connectivity index (χ0n) is 15.3. The molecule has 0 atom stereocenters. The Bertz CT molecular complexity index is 906. The Morgan fingerprint density at radius 1 is 1.08 bits per heavy atom. The Morgan fingerprint density at radius 3 is 2.23 bits per heavy atom. The molecule has 2 rings (SSSR count). The lowest BCUT2D eigenvalue weighted by Gasteiger charge is -2.23. The smallest absolute Gasteiger partial charge is 0.232 e. The maximum absolute atomic E-state index is 12.3. The van der Waals surface area contributed by atoms with Crippen LogP contribution in [0.25, 0.3) is 0 Å². The van der Waals surface area contributed by atoms with Crippen molar-refractivity contribution >= 4 is 38.9 Å². The van der Waals surface area contributed by atoms with Crippen LogP contribution in [0.15, 0.2) is 36.4 Å². The molecule has 0 spiro atoms. The molecule has 1 amide bonds. The molecule has 0 unspecified atom stereocenters. The number of anilines is 2. The van der Waals surface area contributed by atoms with Crippen molar-refractivity contribution in [3.63, 3.8) is 0 Å². The van der Waals surface area contributed by atoms with Crippen LogP contribution < -0.4 is 9.62 Å². The normalized spacial score (nSPS) is 11.3. The van der Waals surface area contributed by atoms with Gasteiger partial charge >= 0.3 is 0 Å². The molecule has 26 heavy (non-hydrogen) atoms. The van der Waals surface area contributed by atoms with E-state index in [1.807, 2.05) is 39.0 Å². The Kier molecular flexibility index (Phi) is 6.31. The molecule has 0 saturated heterocycles. The molecular weight excluding hydrogens is 372 g/mol. The maximum atomic E-state index is 12.3. The summed E-state index contributed by atoms with van der Waals surface area (Å²) >= 11 is 6.11. The monoisotopic (exact) mass is 394 g/mol. The van der Waals surface area contributed by atoms with Gasteiger partial charge < -0.3 is 5.32 Å². The van der Waals surface area contributed by atoms with Crippen molar-refractivity contribution in [2.75, 3.05) is 22.4 Å². The van der Waals surface area contributed by atoms with Crippen molar-refractivity contribution in [3.8, 4) is 0 Å². The third-order valence-electron chi connectivity index (χ3n) is 4.13. The van der Waals surface area contributed by atoms with Gasteiger partial charge in [0.05, 0.1) is 11.9 Å². The second-order valence-corrected chi connectivity index (χ2v) is 8.65. The molecule has 5 nitrogen and oxygen atoms in total. The zero-order valence-corrected chi connectivity index (χ0v) is 16.9. The molecule has 0 aliphatic carbocycles. The van der Waals surface area contributed by atoms with Gasteiger partial charge in [0.1, 0.15) is 0 Å². The van der Waals surface area contributed by atoms with Crippen molar-refractivity contribution in [1.82, 2.24) is 0 Å². The van der Waals surface area contributed by atoms with Gasteiger partial charge in [0.25, 0.3) is 0 Å². The Morgan fingerprint density at radius 2 is 1.69 bits per heavy atom. The number of nitrogens with one attached hydrogen (secondary N) is 1. The first kappa shape index (κ1) is 20.3. The minimum atomic E-state index is -3.54. The fraction of sp³-hybridized carbons (Fsp3) is 0.316. The highest BCUT2D eigenvalue weighted by Gasteiger charge is 2.19. The Hall–Kier alpha value is -2.05. The van der Waals surface area contributed by atoms with Crippen LogP contribution in [-0.4, -0.2) is 27.1 Å². The summed E-state index contributed by atoms with van der Waals surface area (Å²) in [4.78, 5) is 12.3. The number of carbonyl (C=O) groups excluding carboxylic acids is 1. The summed E-state index contributed by atoms with van der Waals surface area (Å²) in [5.41, 5.74) is 3.99. The Balaban J connectivity index is 2.15. The number of hydrogen-bond donors (Lipinski definition) is 1. The highest BCUT2D eigenvalue weighted by Crippen LogP contribution is 2.25. The van der Waals surface area contributed by atoms with Gasteiger partial charge in [-0.25, -0.2) is 8.42 Å². The summed E-state index contributed by atoms with van der Waals surface area (Å²) in [7, 11) is -3.54. The van der Waals surface area contributed by atoms with Crippen LogP contribution in [0.1, 0.15) is 23.1 Å². The fourth-order valence-electron chi connectivity index (χ4n) is 2.64. The molecule has 0 radical (unpaired) electrons. The van der Waals surface area contributed by atoms with E-state index in [2.05, 4.69) is 5.32 Å². The lowest BCUT2D eigenvalue weighted by molar-refractivity contribution is -0.116. The number of rotatable bonds is 6. The second kappa shape index (κ2) is 8.10. The van der Waals surface area contributed by atoms with Gasteiger partial charge in [-0.05, 0) is 49.6 Å². The highest BCUT2D eigenvalue weighted by molar-refractivity contribution is 7.92. The molecule has 0 heterocycles. The molecule has 2 aromatic carbocycles. The third-order valence-corrected chi connectivity index (χ3v) is 5.73. The van der Waals surface area contributed by atoms with Crippen LogP contribution in [-0.2, 0) is 14.8 Å². The number of halogens is 1. The van der Waals surface area contributed by atoms with E-state index >= 15 is 0 Å². The van der Waals surface area contributed by atoms with Gasteiger partial charge in [0.2, 0.25) is 15.9 Å². The van der Waals surface area contributed by atoms with E-state index < -0.39 is 10.0 Å². The molecule has 1 N–H and O–H groups in total. The average molecular weight is 395 g/mol. The summed E-state index contributed by atoms with van der Waals surface area (Å²) in [5.74, 6) is -0.241. The van der Waals surface area contributed by atoms with Gasteiger partial charge in [-0.2, -0.15) is 0 Å².